The number of para-hydroxylation sites is 1. The van der Waals surface area contributed by atoms with E-state index in [1.165, 1.54) is 12.1 Å². The van der Waals surface area contributed by atoms with Gasteiger partial charge in [0.1, 0.15) is 18.2 Å². The van der Waals surface area contributed by atoms with Gasteiger partial charge in [0.2, 0.25) is 0 Å². The highest BCUT2D eigenvalue weighted by Gasteiger charge is 2.31. The molecule has 2 aromatic carbocycles. The number of piperazine rings is 1. The van der Waals surface area contributed by atoms with Crippen molar-refractivity contribution in [3.8, 4) is 11.4 Å². The molecule has 1 aliphatic heterocycles. The molecule has 0 radical (unpaired) electrons. The Hall–Kier alpha value is -2.90. The molecule has 0 N–H and O–H groups in total. The highest BCUT2D eigenvalue weighted by atomic mass is 35.5. The van der Waals surface area contributed by atoms with E-state index in [1.807, 2.05) is 33.8 Å². The fourth-order valence-electron chi connectivity index (χ4n) is 4.58. The van der Waals surface area contributed by atoms with Gasteiger partial charge in [-0.1, -0.05) is 23.7 Å². The van der Waals surface area contributed by atoms with E-state index in [-0.39, 0.29) is 11.7 Å². The first kappa shape index (κ1) is 21.9. The molecule has 1 aromatic heterocycles. The Morgan fingerprint density at radius 2 is 1.79 bits per heavy atom. The largest absolute Gasteiger partial charge is 0.491 e. The lowest BCUT2D eigenvalue weighted by molar-refractivity contribution is 0.0613. The van der Waals surface area contributed by atoms with Gasteiger partial charge in [0.15, 0.2) is 5.69 Å². The molecule has 3 aromatic rings. The van der Waals surface area contributed by atoms with Gasteiger partial charge in [-0.25, -0.2) is 9.07 Å². The van der Waals surface area contributed by atoms with E-state index >= 15 is 0 Å². The van der Waals surface area contributed by atoms with Crippen molar-refractivity contribution in [1.29, 1.82) is 0 Å². The zero-order chi connectivity index (χ0) is 22.8. The van der Waals surface area contributed by atoms with Gasteiger partial charge in [-0.3, -0.25) is 9.69 Å². The number of aromatic nitrogens is 2. The average Bonchev–Trinajstić information content (AvgIpc) is 3.44. The molecule has 1 amide bonds. The van der Waals surface area contributed by atoms with Crippen LogP contribution in [0.15, 0.2) is 48.5 Å². The Balaban J connectivity index is 1.20. The van der Waals surface area contributed by atoms with Crippen LogP contribution in [0.2, 0.25) is 5.02 Å². The molecule has 6 nitrogen and oxygen atoms in total. The second-order valence-corrected chi connectivity index (χ2v) is 8.84. The average molecular weight is 469 g/mol. The first-order valence-corrected chi connectivity index (χ1v) is 11.7. The van der Waals surface area contributed by atoms with Gasteiger partial charge in [0, 0.05) is 44.0 Å². The quantitative estimate of drug-likeness (QED) is 0.549. The normalized spacial score (nSPS) is 16.1. The lowest BCUT2D eigenvalue weighted by Gasteiger charge is -2.34. The summed E-state index contributed by atoms with van der Waals surface area (Å²) < 4.78 is 21.0. The lowest BCUT2D eigenvalue weighted by atomic mass is 10.1. The van der Waals surface area contributed by atoms with Crippen molar-refractivity contribution in [3.63, 3.8) is 0 Å². The molecule has 0 saturated carbocycles. The number of ether oxygens (including phenoxy) is 1. The minimum atomic E-state index is -0.283. The lowest BCUT2D eigenvalue weighted by Crippen LogP contribution is -2.49. The summed E-state index contributed by atoms with van der Waals surface area (Å²) in [6.07, 6.45) is 2.75. The molecular formula is C25H26ClFN4O2. The number of fused-ring (bicyclic) bond motifs is 1. The maximum Gasteiger partial charge on any atom is 0.274 e. The molecule has 0 unspecified atom stereocenters. The second kappa shape index (κ2) is 9.53. The van der Waals surface area contributed by atoms with Crippen LogP contribution in [-0.4, -0.2) is 64.8 Å². The van der Waals surface area contributed by atoms with Crippen LogP contribution in [-0.2, 0) is 12.8 Å². The molecule has 33 heavy (non-hydrogen) atoms. The number of carbonyl (C=O) groups excluding carboxylic acids is 1. The van der Waals surface area contributed by atoms with Crippen molar-refractivity contribution >= 4 is 17.5 Å². The zero-order valence-corrected chi connectivity index (χ0v) is 19.1. The Kier molecular flexibility index (Phi) is 6.33. The monoisotopic (exact) mass is 468 g/mol. The van der Waals surface area contributed by atoms with Gasteiger partial charge in [-0.15, -0.1) is 0 Å². The van der Waals surface area contributed by atoms with Crippen LogP contribution in [0.1, 0.15) is 28.2 Å². The fraction of sp³-hybridized carbons (Fsp3) is 0.360. The molecule has 172 valence electrons. The van der Waals surface area contributed by atoms with Crippen LogP contribution < -0.4 is 4.74 Å². The van der Waals surface area contributed by atoms with Crippen LogP contribution in [0.25, 0.3) is 5.69 Å². The van der Waals surface area contributed by atoms with E-state index < -0.39 is 0 Å². The molecular weight excluding hydrogens is 443 g/mol. The van der Waals surface area contributed by atoms with Gasteiger partial charge in [-0.2, -0.15) is 5.10 Å². The topological polar surface area (TPSA) is 50.6 Å². The summed E-state index contributed by atoms with van der Waals surface area (Å²) in [5, 5.41) is 5.29. The van der Waals surface area contributed by atoms with Crippen molar-refractivity contribution in [2.24, 2.45) is 0 Å². The standard InChI is InChI=1S/C25H26ClFN4O2/c26-21-5-1-2-7-23(21)33-17-16-29-12-14-30(15-13-29)25(32)24-20-4-3-6-22(20)31(28-24)19-10-8-18(27)9-11-19/h1-2,5,7-11H,3-4,6,12-17H2. The molecule has 5 rings (SSSR count). The summed E-state index contributed by atoms with van der Waals surface area (Å²) in [7, 11) is 0. The molecule has 2 aliphatic rings. The number of rotatable bonds is 6. The summed E-state index contributed by atoms with van der Waals surface area (Å²) in [6.45, 7) is 4.22. The van der Waals surface area contributed by atoms with Gasteiger partial charge in [-0.05, 0) is 55.7 Å². The van der Waals surface area contributed by atoms with Crippen LogP contribution in [0.3, 0.4) is 0 Å². The smallest absolute Gasteiger partial charge is 0.274 e. The number of carbonyl (C=O) groups is 1. The summed E-state index contributed by atoms with van der Waals surface area (Å²) in [4.78, 5) is 17.5. The van der Waals surface area contributed by atoms with Crippen molar-refractivity contribution in [2.45, 2.75) is 19.3 Å². The van der Waals surface area contributed by atoms with Crippen LogP contribution in [0, 0.1) is 5.82 Å². The zero-order valence-electron chi connectivity index (χ0n) is 18.3. The third-order valence-electron chi connectivity index (χ3n) is 6.37. The number of hydrogen-bond acceptors (Lipinski definition) is 4. The van der Waals surface area contributed by atoms with Crippen LogP contribution >= 0.6 is 11.6 Å². The van der Waals surface area contributed by atoms with Crippen LogP contribution in [0.4, 0.5) is 4.39 Å². The first-order valence-electron chi connectivity index (χ1n) is 11.4. The van der Waals surface area contributed by atoms with E-state index in [9.17, 15) is 9.18 Å². The van der Waals surface area contributed by atoms with Crippen molar-refractivity contribution in [2.75, 3.05) is 39.3 Å². The van der Waals surface area contributed by atoms with Crippen molar-refractivity contribution in [1.82, 2.24) is 19.6 Å². The SMILES string of the molecule is O=C(c1nn(-c2ccc(F)cc2)c2c1CCC2)N1CCN(CCOc2ccccc2Cl)CC1. The summed E-state index contributed by atoms with van der Waals surface area (Å²) >= 11 is 6.14. The summed E-state index contributed by atoms with van der Waals surface area (Å²) in [5.74, 6) is 0.397. The predicted molar refractivity (Wildman–Crippen MR) is 125 cm³/mol. The van der Waals surface area contributed by atoms with E-state index in [1.54, 1.807) is 12.1 Å². The number of benzene rings is 2. The third kappa shape index (κ3) is 4.61. The Morgan fingerprint density at radius 3 is 2.55 bits per heavy atom. The Morgan fingerprint density at radius 1 is 1.03 bits per heavy atom. The summed E-state index contributed by atoms with van der Waals surface area (Å²) in [5.41, 5.74) is 3.44. The second-order valence-electron chi connectivity index (χ2n) is 8.43. The molecule has 8 heteroatoms. The van der Waals surface area contributed by atoms with Gasteiger partial charge in [0.05, 0.1) is 10.7 Å². The number of hydrogen-bond donors (Lipinski definition) is 0. The molecule has 1 fully saturated rings. The predicted octanol–water partition coefficient (Wildman–Crippen LogP) is 3.99. The van der Waals surface area contributed by atoms with Crippen LogP contribution in [0.5, 0.6) is 5.75 Å². The minimum Gasteiger partial charge on any atom is -0.491 e. The first-order chi connectivity index (χ1) is 16.1. The molecule has 1 saturated heterocycles. The highest BCUT2D eigenvalue weighted by molar-refractivity contribution is 6.32. The molecule has 0 spiro atoms. The van der Waals surface area contributed by atoms with Gasteiger partial charge in [0.25, 0.3) is 5.91 Å². The fourth-order valence-corrected chi connectivity index (χ4v) is 4.77. The Labute approximate surface area is 197 Å². The van der Waals surface area contributed by atoms with E-state index in [4.69, 9.17) is 16.3 Å². The summed E-state index contributed by atoms with van der Waals surface area (Å²) in [6, 6.07) is 13.7. The molecule has 0 atom stereocenters. The van der Waals surface area contributed by atoms with Gasteiger partial charge < -0.3 is 9.64 Å². The third-order valence-corrected chi connectivity index (χ3v) is 6.68. The van der Waals surface area contributed by atoms with Crippen molar-refractivity contribution in [3.05, 3.63) is 76.3 Å². The number of amides is 1. The van der Waals surface area contributed by atoms with Gasteiger partial charge >= 0.3 is 0 Å². The number of nitrogens with zero attached hydrogens (tertiary/aromatic N) is 4. The molecule has 1 aliphatic carbocycles. The minimum absolute atomic E-state index is 0.0130. The van der Waals surface area contributed by atoms with E-state index in [0.717, 1.165) is 55.8 Å². The highest BCUT2D eigenvalue weighted by Crippen LogP contribution is 2.29. The molecule has 0 bridgehead atoms. The number of halogens is 2. The van der Waals surface area contributed by atoms with E-state index in [0.29, 0.717) is 36.2 Å². The van der Waals surface area contributed by atoms with E-state index in [2.05, 4.69) is 10.00 Å². The maximum absolute atomic E-state index is 13.4. The van der Waals surface area contributed by atoms with Crippen molar-refractivity contribution < 1.29 is 13.9 Å². The maximum atomic E-state index is 13.4. The molecule has 2 heterocycles. The Bertz CT molecular complexity index is 1140.